The van der Waals surface area contributed by atoms with E-state index in [9.17, 15) is 0 Å². The average molecular weight is 148 g/mol. The van der Waals surface area contributed by atoms with Crippen LogP contribution in [0.5, 0.6) is 0 Å². The molecule has 1 aromatic rings. The predicted molar refractivity (Wildman–Crippen MR) is 44.6 cm³/mol. The molecular formula is C9H12N2. The van der Waals surface area contributed by atoms with Gasteiger partial charge in [-0.25, -0.2) is 0 Å². The van der Waals surface area contributed by atoms with Gasteiger partial charge in [-0.05, 0) is 24.6 Å². The zero-order chi connectivity index (χ0) is 7.68. The van der Waals surface area contributed by atoms with Crippen LogP contribution in [0.1, 0.15) is 17.2 Å². The Labute approximate surface area is 66.7 Å². The average Bonchev–Trinajstić information content (AvgIpc) is 1.83. The van der Waals surface area contributed by atoms with Gasteiger partial charge in [-0.15, -0.1) is 0 Å². The van der Waals surface area contributed by atoms with E-state index >= 15 is 0 Å². The summed E-state index contributed by atoms with van der Waals surface area (Å²) >= 11 is 0. The van der Waals surface area contributed by atoms with Crippen molar-refractivity contribution in [3.8, 4) is 0 Å². The van der Waals surface area contributed by atoms with E-state index in [4.69, 9.17) is 0 Å². The number of hydrogen-bond donors (Lipinski definition) is 1. The number of aromatic nitrogens is 1. The number of rotatable bonds is 1. The largest absolute Gasteiger partial charge is 0.315 e. The minimum absolute atomic E-state index is 0.733. The maximum atomic E-state index is 4.16. The summed E-state index contributed by atoms with van der Waals surface area (Å²) in [4.78, 5) is 4.16. The lowest BCUT2D eigenvalue weighted by atomic mass is 9.94. The third-order valence-electron chi connectivity index (χ3n) is 2.17. The van der Waals surface area contributed by atoms with E-state index in [1.165, 1.54) is 5.56 Å². The normalized spacial score (nSPS) is 17.9. The molecule has 11 heavy (non-hydrogen) atoms. The van der Waals surface area contributed by atoms with Crippen LogP contribution in [-0.2, 0) is 0 Å². The highest BCUT2D eigenvalue weighted by Crippen LogP contribution is 2.18. The van der Waals surface area contributed by atoms with Gasteiger partial charge in [0.15, 0.2) is 0 Å². The molecule has 2 heterocycles. The maximum Gasteiger partial charge on any atom is 0.0375 e. The molecule has 0 unspecified atom stereocenters. The van der Waals surface area contributed by atoms with Crippen molar-refractivity contribution in [3.63, 3.8) is 0 Å². The van der Waals surface area contributed by atoms with Crippen molar-refractivity contribution in [2.75, 3.05) is 13.1 Å². The lowest BCUT2D eigenvalue weighted by Crippen LogP contribution is -2.39. The molecule has 1 aliphatic rings. The van der Waals surface area contributed by atoms with Crippen LogP contribution >= 0.6 is 0 Å². The smallest absolute Gasteiger partial charge is 0.0375 e. The molecular weight excluding hydrogens is 136 g/mol. The van der Waals surface area contributed by atoms with Gasteiger partial charge in [0.2, 0.25) is 0 Å². The molecule has 0 saturated carbocycles. The first-order valence-electron chi connectivity index (χ1n) is 3.99. The lowest BCUT2D eigenvalue weighted by Gasteiger charge is -2.27. The van der Waals surface area contributed by atoms with Gasteiger partial charge < -0.3 is 5.32 Å². The van der Waals surface area contributed by atoms with E-state index in [0.29, 0.717) is 0 Å². The second-order valence-corrected chi connectivity index (χ2v) is 3.09. The van der Waals surface area contributed by atoms with Gasteiger partial charge in [0, 0.05) is 30.9 Å². The van der Waals surface area contributed by atoms with Crippen molar-refractivity contribution in [3.05, 3.63) is 29.6 Å². The van der Waals surface area contributed by atoms with E-state index in [-0.39, 0.29) is 0 Å². The first-order valence-corrected chi connectivity index (χ1v) is 3.99. The summed E-state index contributed by atoms with van der Waals surface area (Å²) in [5, 5.41) is 3.26. The summed E-state index contributed by atoms with van der Waals surface area (Å²) in [6, 6.07) is 4.28. The Kier molecular flexibility index (Phi) is 1.62. The molecule has 0 spiro atoms. The van der Waals surface area contributed by atoms with Gasteiger partial charge in [0.1, 0.15) is 0 Å². The van der Waals surface area contributed by atoms with Crippen LogP contribution in [0.2, 0.25) is 0 Å². The molecule has 1 aromatic heterocycles. The zero-order valence-electron chi connectivity index (χ0n) is 6.67. The third-order valence-corrected chi connectivity index (χ3v) is 2.17. The summed E-state index contributed by atoms with van der Waals surface area (Å²) in [7, 11) is 0. The van der Waals surface area contributed by atoms with Crippen molar-refractivity contribution in [2.24, 2.45) is 0 Å². The quantitative estimate of drug-likeness (QED) is 0.644. The highest BCUT2D eigenvalue weighted by atomic mass is 14.9. The van der Waals surface area contributed by atoms with Gasteiger partial charge in [0.05, 0.1) is 0 Å². The zero-order valence-corrected chi connectivity index (χ0v) is 6.67. The monoisotopic (exact) mass is 148 g/mol. The number of nitrogens with zero attached hydrogens (tertiary/aromatic N) is 1. The molecule has 2 rings (SSSR count). The second kappa shape index (κ2) is 2.62. The highest BCUT2D eigenvalue weighted by molar-refractivity contribution is 5.22. The van der Waals surface area contributed by atoms with Crippen LogP contribution in [-0.4, -0.2) is 18.1 Å². The van der Waals surface area contributed by atoms with Gasteiger partial charge in [-0.2, -0.15) is 0 Å². The Morgan fingerprint density at radius 1 is 1.55 bits per heavy atom. The van der Waals surface area contributed by atoms with Crippen LogP contribution in [0.4, 0.5) is 0 Å². The number of hydrogen-bond acceptors (Lipinski definition) is 2. The molecule has 58 valence electrons. The third kappa shape index (κ3) is 1.26. The fourth-order valence-corrected chi connectivity index (χ4v) is 1.35. The van der Waals surface area contributed by atoms with Crippen molar-refractivity contribution < 1.29 is 0 Å². The lowest BCUT2D eigenvalue weighted by molar-refractivity contribution is 0.448. The number of nitrogens with one attached hydrogen (secondary N) is 1. The second-order valence-electron chi connectivity index (χ2n) is 3.09. The van der Waals surface area contributed by atoms with Gasteiger partial charge in [-0.3, -0.25) is 4.98 Å². The molecule has 0 atom stereocenters. The molecule has 0 aliphatic carbocycles. The Morgan fingerprint density at radius 2 is 2.36 bits per heavy atom. The van der Waals surface area contributed by atoms with Crippen LogP contribution in [0, 0.1) is 6.92 Å². The number of aryl methyl sites for hydroxylation is 1. The standard InChI is InChI=1S/C9H12N2/c1-7-4-8(2-3-11-7)9-5-10-6-9/h2-4,9-10H,5-6H2,1H3. The first kappa shape index (κ1) is 6.80. The van der Waals surface area contributed by atoms with Crippen LogP contribution in [0.25, 0.3) is 0 Å². The topological polar surface area (TPSA) is 24.9 Å². The summed E-state index contributed by atoms with van der Waals surface area (Å²) in [6.07, 6.45) is 1.89. The maximum absolute atomic E-state index is 4.16. The van der Waals surface area contributed by atoms with Crippen LogP contribution < -0.4 is 5.32 Å². The molecule has 0 bridgehead atoms. The van der Waals surface area contributed by atoms with Crippen LogP contribution in [0.15, 0.2) is 18.3 Å². The molecule has 0 radical (unpaired) electrons. The summed E-state index contributed by atoms with van der Waals surface area (Å²) in [5.41, 5.74) is 2.55. The Hall–Kier alpha value is -0.890. The Morgan fingerprint density at radius 3 is 2.91 bits per heavy atom. The van der Waals surface area contributed by atoms with Crippen molar-refractivity contribution in [1.82, 2.24) is 10.3 Å². The van der Waals surface area contributed by atoms with Crippen molar-refractivity contribution >= 4 is 0 Å². The van der Waals surface area contributed by atoms with Gasteiger partial charge >= 0.3 is 0 Å². The first-order chi connectivity index (χ1) is 5.36. The molecule has 2 heteroatoms. The van der Waals surface area contributed by atoms with Gasteiger partial charge in [-0.1, -0.05) is 0 Å². The minimum atomic E-state index is 0.733. The predicted octanol–water partition coefficient (Wildman–Crippen LogP) is 1.08. The van der Waals surface area contributed by atoms with E-state index in [2.05, 4.69) is 22.4 Å². The van der Waals surface area contributed by atoms with E-state index in [1.807, 2.05) is 13.1 Å². The Bertz CT molecular complexity index is 253. The number of pyridine rings is 1. The molecule has 1 N–H and O–H groups in total. The van der Waals surface area contributed by atoms with Crippen molar-refractivity contribution in [2.45, 2.75) is 12.8 Å². The van der Waals surface area contributed by atoms with Crippen LogP contribution in [0.3, 0.4) is 0 Å². The van der Waals surface area contributed by atoms with E-state index in [0.717, 1.165) is 24.7 Å². The molecule has 2 nitrogen and oxygen atoms in total. The van der Waals surface area contributed by atoms with Crippen molar-refractivity contribution in [1.29, 1.82) is 0 Å². The fraction of sp³-hybridized carbons (Fsp3) is 0.444. The van der Waals surface area contributed by atoms with E-state index in [1.54, 1.807) is 0 Å². The Balaban J connectivity index is 2.23. The summed E-state index contributed by atoms with van der Waals surface area (Å²) in [5.74, 6) is 0.733. The molecule has 1 fully saturated rings. The molecule has 0 amide bonds. The summed E-state index contributed by atoms with van der Waals surface area (Å²) in [6.45, 7) is 4.29. The molecule has 1 aliphatic heterocycles. The summed E-state index contributed by atoms with van der Waals surface area (Å²) < 4.78 is 0. The molecule has 1 saturated heterocycles. The van der Waals surface area contributed by atoms with Gasteiger partial charge in [0.25, 0.3) is 0 Å². The SMILES string of the molecule is Cc1cc(C2CNC2)ccn1. The molecule has 0 aromatic carbocycles. The minimum Gasteiger partial charge on any atom is -0.315 e. The highest BCUT2D eigenvalue weighted by Gasteiger charge is 2.18. The van der Waals surface area contributed by atoms with E-state index < -0.39 is 0 Å². The fourth-order valence-electron chi connectivity index (χ4n) is 1.35.